The molecular weight excluding hydrogens is 350 g/mol. The largest absolute Gasteiger partial charge is 0.240 e. The number of hydrogen-bond acceptors (Lipinski definition) is 2. The predicted octanol–water partition coefficient (Wildman–Crippen LogP) is 3.65. The lowest BCUT2D eigenvalue weighted by atomic mass is 9.85. The van der Waals surface area contributed by atoms with Crippen molar-refractivity contribution in [3.63, 3.8) is 0 Å². The zero-order valence-corrected chi connectivity index (χ0v) is 15.2. The van der Waals surface area contributed by atoms with Gasteiger partial charge < -0.3 is 0 Å². The van der Waals surface area contributed by atoms with Gasteiger partial charge in [0.15, 0.2) is 0 Å². The van der Waals surface area contributed by atoms with Crippen molar-refractivity contribution in [2.24, 2.45) is 5.41 Å². The molecule has 0 amide bonds. The molecular formula is C16H24BrNO2S. The summed E-state index contributed by atoms with van der Waals surface area (Å²) in [5.74, 6) is 0. The van der Waals surface area contributed by atoms with Gasteiger partial charge in [0.1, 0.15) is 0 Å². The van der Waals surface area contributed by atoms with Crippen LogP contribution < -0.4 is 4.72 Å². The van der Waals surface area contributed by atoms with Crippen LogP contribution in [0.3, 0.4) is 0 Å². The fourth-order valence-corrected chi connectivity index (χ4v) is 4.98. The Morgan fingerprint density at radius 3 is 2.48 bits per heavy atom. The number of benzene rings is 1. The van der Waals surface area contributed by atoms with Crippen LogP contribution in [0.4, 0.5) is 0 Å². The highest BCUT2D eigenvalue weighted by atomic mass is 79.9. The highest BCUT2D eigenvalue weighted by Crippen LogP contribution is 2.29. The van der Waals surface area contributed by atoms with E-state index in [1.165, 1.54) is 11.1 Å². The molecule has 0 atom stereocenters. The molecule has 1 aromatic carbocycles. The molecule has 0 saturated heterocycles. The molecule has 0 aliphatic heterocycles. The molecule has 0 fully saturated rings. The first-order chi connectivity index (χ1) is 9.96. The summed E-state index contributed by atoms with van der Waals surface area (Å²) in [7, 11) is -3.42. The Kier molecular flexibility index (Phi) is 5.49. The van der Waals surface area contributed by atoms with Gasteiger partial charge in [-0.2, -0.15) is 0 Å². The van der Waals surface area contributed by atoms with Crippen LogP contribution in [0.15, 0.2) is 23.1 Å². The maximum Gasteiger partial charge on any atom is 0.240 e. The first-order valence-corrected chi connectivity index (χ1v) is 10.2. The smallest absolute Gasteiger partial charge is 0.211 e. The summed E-state index contributed by atoms with van der Waals surface area (Å²) in [4.78, 5) is 0.402. The number of rotatable bonds is 7. The third-order valence-electron chi connectivity index (χ3n) is 4.80. The van der Waals surface area contributed by atoms with E-state index in [-0.39, 0.29) is 5.41 Å². The minimum Gasteiger partial charge on any atom is -0.211 e. The minimum absolute atomic E-state index is 0.0101. The third kappa shape index (κ3) is 3.69. The lowest BCUT2D eigenvalue weighted by Gasteiger charge is -2.29. The zero-order valence-electron chi connectivity index (χ0n) is 12.8. The van der Waals surface area contributed by atoms with Gasteiger partial charge in [0.2, 0.25) is 10.0 Å². The number of halogens is 1. The molecule has 0 saturated carbocycles. The van der Waals surface area contributed by atoms with Crippen molar-refractivity contribution in [3.8, 4) is 0 Å². The molecule has 0 spiro atoms. The average molecular weight is 374 g/mol. The minimum atomic E-state index is -3.42. The number of fused-ring (bicyclic) bond motifs is 1. The summed E-state index contributed by atoms with van der Waals surface area (Å²) in [6.45, 7) is 4.69. The molecule has 0 unspecified atom stereocenters. The Labute approximate surface area is 136 Å². The molecule has 1 aliphatic carbocycles. The molecule has 1 aliphatic rings. The molecule has 1 aromatic rings. The van der Waals surface area contributed by atoms with E-state index in [4.69, 9.17) is 0 Å². The number of hydrogen-bond donors (Lipinski definition) is 1. The zero-order chi connectivity index (χ0) is 15.5. The SMILES string of the molecule is CCC(CC)(CBr)CNS(=O)(=O)c1ccc2c(c1)CCC2. The highest BCUT2D eigenvalue weighted by molar-refractivity contribution is 9.09. The van der Waals surface area contributed by atoms with Gasteiger partial charge in [-0.25, -0.2) is 13.1 Å². The van der Waals surface area contributed by atoms with Crippen molar-refractivity contribution >= 4 is 26.0 Å². The van der Waals surface area contributed by atoms with E-state index in [1.807, 2.05) is 12.1 Å². The number of aryl methyl sites for hydroxylation is 2. The van der Waals surface area contributed by atoms with Gasteiger partial charge in [0, 0.05) is 11.9 Å². The first-order valence-electron chi connectivity index (χ1n) is 7.64. The van der Waals surface area contributed by atoms with Gasteiger partial charge in [0.25, 0.3) is 0 Å². The molecule has 21 heavy (non-hydrogen) atoms. The summed E-state index contributed by atoms with van der Waals surface area (Å²) in [5.41, 5.74) is 2.48. The van der Waals surface area contributed by atoms with Crippen molar-refractivity contribution in [2.45, 2.75) is 50.8 Å². The molecule has 1 N–H and O–H groups in total. The molecule has 0 heterocycles. The van der Waals surface area contributed by atoms with Gasteiger partial charge in [0.05, 0.1) is 4.90 Å². The lowest BCUT2D eigenvalue weighted by molar-refractivity contribution is 0.309. The first kappa shape index (κ1) is 17.0. The predicted molar refractivity (Wildman–Crippen MR) is 90.5 cm³/mol. The van der Waals surface area contributed by atoms with E-state index in [0.717, 1.165) is 37.4 Å². The molecule has 5 heteroatoms. The van der Waals surface area contributed by atoms with Crippen molar-refractivity contribution in [1.82, 2.24) is 4.72 Å². The molecule has 3 nitrogen and oxygen atoms in total. The second-order valence-electron chi connectivity index (χ2n) is 5.95. The fraction of sp³-hybridized carbons (Fsp3) is 0.625. The van der Waals surface area contributed by atoms with Crippen molar-refractivity contribution in [3.05, 3.63) is 29.3 Å². The third-order valence-corrected chi connectivity index (χ3v) is 7.39. The van der Waals surface area contributed by atoms with E-state index in [0.29, 0.717) is 11.4 Å². The Balaban J connectivity index is 2.15. The van der Waals surface area contributed by atoms with Gasteiger partial charge in [-0.1, -0.05) is 35.8 Å². The standard InChI is InChI=1S/C16H24BrNO2S/c1-3-16(4-2,11-17)12-18-21(19,20)15-9-8-13-6-5-7-14(13)10-15/h8-10,18H,3-7,11-12H2,1-2H3. The Bertz CT molecular complexity index is 586. The van der Waals surface area contributed by atoms with Crippen LogP contribution in [0.2, 0.25) is 0 Å². The molecule has 0 radical (unpaired) electrons. The highest BCUT2D eigenvalue weighted by Gasteiger charge is 2.27. The van der Waals surface area contributed by atoms with E-state index in [1.54, 1.807) is 6.07 Å². The van der Waals surface area contributed by atoms with Gasteiger partial charge in [-0.3, -0.25) is 0 Å². The van der Waals surface area contributed by atoms with Gasteiger partial charge in [-0.05, 0) is 60.8 Å². The summed E-state index contributed by atoms with van der Waals surface area (Å²) < 4.78 is 27.8. The van der Waals surface area contributed by atoms with E-state index >= 15 is 0 Å². The maximum absolute atomic E-state index is 12.5. The topological polar surface area (TPSA) is 46.2 Å². The summed E-state index contributed by atoms with van der Waals surface area (Å²) in [6, 6.07) is 5.55. The number of alkyl halides is 1. The maximum atomic E-state index is 12.5. The Morgan fingerprint density at radius 2 is 1.86 bits per heavy atom. The van der Waals surface area contributed by atoms with E-state index in [2.05, 4.69) is 34.5 Å². The van der Waals surface area contributed by atoms with Crippen LogP contribution in [-0.4, -0.2) is 20.3 Å². The van der Waals surface area contributed by atoms with Crippen LogP contribution in [0.1, 0.15) is 44.2 Å². The van der Waals surface area contributed by atoms with E-state index in [9.17, 15) is 8.42 Å². The summed E-state index contributed by atoms with van der Waals surface area (Å²) >= 11 is 3.52. The Morgan fingerprint density at radius 1 is 1.19 bits per heavy atom. The second-order valence-corrected chi connectivity index (χ2v) is 8.28. The lowest BCUT2D eigenvalue weighted by Crippen LogP contribution is -2.38. The molecule has 118 valence electrons. The normalized spacial score (nSPS) is 15.2. The van der Waals surface area contributed by atoms with Crippen molar-refractivity contribution in [2.75, 3.05) is 11.9 Å². The van der Waals surface area contributed by atoms with Crippen LogP contribution >= 0.6 is 15.9 Å². The van der Waals surface area contributed by atoms with E-state index < -0.39 is 10.0 Å². The van der Waals surface area contributed by atoms with Crippen molar-refractivity contribution in [1.29, 1.82) is 0 Å². The fourth-order valence-electron chi connectivity index (χ4n) is 2.78. The van der Waals surface area contributed by atoms with Crippen LogP contribution in [0, 0.1) is 5.41 Å². The van der Waals surface area contributed by atoms with Crippen LogP contribution in [0.5, 0.6) is 0 Å². The average Bonchev–Trinajstić information content (AvgIpc) is 2.96. The number of nitrogens with one attached hydrogen (secondary N) is 1. The van der Waals surface area contributed by atoms with Crippen LogP contribution in [0.25, 0.3) is 0 Å². The molecule has 2 rings (SSSR count). The number of sulfonamides is 1. The summed E-state index contributed by atoms with van der Waals surface area (Å²) in [6.07, 6.45) is 5.09. The van der Waals surface area contributed by atoms with Crippen molar-refractivity contribution < 1.29 is 8.42 Å². The van der Waals surface area contributed by atoms with Crippen LogP contribution in [-0.2, 0) is 22.9 Å². The monoisotopic (exact) mass is 373 g/mol. The molecule has 0 aromatic heterocycles. The quantitative estimate of drug-likeness (QED) is 0.741. The van der Waals surface area contributed by atoms with Gasteiger partial charge >= 0.3 is 0 Å². The summed E-state index contributed by atoms with van der Waals surface area (Å²) in [5, 5.41) is 0.805. The van der Waals surface area contributed by atoms with Gasteiger partial charge in [-0.15, -0.1) is 0 Å². The second kappa shape index (κ2) is 6.80. The Hall–Kier alpha value is -0.390. The molecule has 0 bridgehead atoms.